The molecule has 5 nitrogen and oxygen atoms in total. The predicted molar refractivity (Wildman–Crippen MR) is 86.5 cm³/mol. The Kier molecular flexibility index (Phi) is 5.77. The van der Waals surface area contributed by atoms with Crippen molar-refractivity contribution in [3.05, 3.63) is 30.1 Å². The molecule has 122 valence electrons. The lowest BCUT2D eigenvalue weighted by Crippen LogP contribution is -2.52. The molecule has 1 heterocycles. The first kappa shape index (κ1) is 16.7. The Morgan fingerprint density at radius 3 is 2.64 bits per heavy atom. The van der Waals surface area contributed by atoms with Gasteiger partial charge < -0.3 is 15.4 Å². The lowest BCUT2D eigenvalue weighted by Gasteiger charge is -2.33. The Balaban J connectivity index is 1.86. The fourth-order valence-corrected chi connectivity index (χ4v) is 2.75. The zero-order valence-corrected chi connectivity index (χ0v) is 13.8. The van der Waals surface area contributed by atoms with Gasteiger partial charge in [-0.25, -0.2) is 4.79 Å². The molecular formula is C17H27N3O2. The van der Waals surface area contributed by atoms with Gasteiger partial charge in [0.15, 0.2) is 0 Å². The molecule has 2 rings (SSSR count). The van der Waals surface area contributed by atoms with Gasteiger partial charge in [0.2, 0.25) is 0 Å². The van der Waals surface area contributed by atoms with Crippen LogP contribution >= 0.6 is 0 Å². The molecule has 1 aromatic heterocycles. The predicted octanol–water partition coefficient (Wildman–Crippen LogP) is 3.01. The van der Waals surface area contributed by atoms with Gasteiger partial charge in [-0.05, 0) is 45.7 Å². The minimum atomic E-state index is -0.463. The average Bonchev–Trinajstić information content (AvgIpc) is 2.45. The van der Waals surface area contributed by atoms with Crippen molar-refractivity contribution >= 4 is 6.09 Å². The molecule has 0 unspecified atom stereocenters. The zero-order chi connectivity index (χ0) is 16.0. The maximum atomic E-state index is 12.0. The normalized spacial score (nSPS) is 22.1. The molecule has 1 fully saturated rings. The molecular weight excluding hydrogens is 278 g/mol. The van der Waals surface area contributed by atoms with E-state index in [-0.39, 0.29) is 18.2 Å². The number of rotatable bonds is 4. The number of carbonyl (C=O) groups excluding carboxylic acids is 1. The monoisotopic (exact) mass is 305 g/mol. The van der Waals surface area contributed by atoms with Gasteiger partial charge >= 0.3 is 6.09 Å². The number of carbonyl (C=O) groups is 1. The standard InChI is InChI=1S/C17H27N3O2/c1-17(2,3)22-16(21)20-15-10-5-4-9-14(15)19-12-13-8-6-7-11-18-13/h6-8,11,14-15,19H,4-5,9-10,12H2,1-3H3,(H,20,21)/t14-,15-/m1/s1. The number of nitrogens with zero attached hydrogens (tertiary/aromatic N) is 1. The van der Waals surface area contributed by atoms with Gasteiger partial charge in [0.25, 0.3) is 0 Å². The number of amides is 1. The van der Waals surface area contributed by atoms with Crippen LogP contribution in [0, 0.1) is 0 Å². The highest BCUT2D eigenvalue weighted by atomic mass is 16.6. The summed E-state index contributed by atoms with van der Waals surface area (Å²) < 4.78 is 5.36. The van der Waals surface area contributed by atoms with E-state index in [2.05, 4.69) is 15.6 Å². The number of nitrogens with one attached hydrogen (secondary N) is 2. The van der Waals surface area contributed by atoms with Gasteiger partial charge in [-0.1, -0.05) is 18.9 Å². The van der Waals surface area contributed by atoms with Crippen molar-refractivity contribution in [1.82, 2.24) is 15.6 Å². The van der Waals surface area contributed by atoms with E-state index in [1.807, 2.05) is 39.0 Å². The van der Waals surface area contributed by atoms with Crippen LogP contribution in [0.4, 0.5) is 4.79 Å². The molecule has 5 heteroatoms. The van der Waals surface area contributed by atoms with Gasteiger partial charge in [0.1, 0.15) is 5.60 Å². The third-order valence-electron chi connectivity index (χ3n) is 3.74. The topological polar surface area (TPSA) is 63.2 Å². The number of alkyl carbamates (subject to hydrolysis) is 1. The Morgan fingerprint density at radius 2 is 2.00 bits per heavy atom. The molecule has 1 aliphatic carbocycles. The molecule has 0 spiro atoms. The van der Waals surface area contributed by atoms with Gasteiger partial charge in [0, 0.05) is 24.8 Å². The largest absolute Gasteiger partial charge is 0.444 e. The Bertz CT molecular complexity index is 471. The minimum Gasteiger partial charge on any atom is -0.444 e. The van der Waals surface area contributed by atoms with Crippen LogP contribution in [-0.2, 0) is 11.3 Å². The molecule has 0 aromatic carbocycles. The van der Waals surface area contributed by atoms with Crippen LogP contribution in [0.15, 0.2) is 24.4 Å². The van der Waals surface area contributed by atoms with E-state index < -0.39 is 5.60 Å². The van der Waals surface area contributed by atoms with Gasteiger partial charge in [-0.3, -0.25) is 4.98 Å². The van der Waals surface area contributed by atoms with E-state index in [0.29, 0.717) is 0 Å². The molecule has 2 N–H and O–H groups in total. The number of pyridine rings is 1. The van der Waals surface area contributed by atoms with E-state index in [4.69, 9.17) is 4.74 Å². The zero-order valence-electron chi connectivity index (χ0n) is 13.8. The quantitative estimate of drug-likeness (QED) is 0.897. The number of hydrogen-bond acceptors (Lipinski definition) is 4. The first-order valence-electron chi connectivity index (χ1n) is 8.07. The smallest absolute Gasteiger partial charge is 0.407 e. The number of hydrogen-bond donors (Lipinski definition) is 2. The fraction of sp³-hybridized carbons (Fsp3) is 0.647. The summed E-state index contributed by atoms with van der Waals surface area (Å²) >= 11 is 0. The third-order valence-corrected chi connectivity index (χ3v) is 3.74. The van der Waals surface area contributed by atoms with Gasteiger partial charge in [-0.15, -0.1) is 0 Å². The highest BCUT2D eigenvalue weighted by Crippen LogP contribution is 2.19. The van der Waals surface area contributed by atoms with E-state index >= 15 is 0 Å². The minimum absolute atomic E-state index is 0.118. The van der Waals surface area contributed by atoms with Gasteiger partial charge in [0.05, 0.1) is 5.69 Å². The Morgan fingerprint density at radius 1 is 1.27 bits per heavy atom. The van der Waals surface area contributed by atoms with Crippen molar-refractivity contribution in [2.45, 2.75) is 70.7 Å². The van der Waals surface area contributed by atoms with Crippen LogP contribution in [0.25, 0.3) is 0 Å². The molecule has 2 atom stereocenters. The molecule has 1 aliphatic rings. The Hall–Kier alpha value is -1.62. The van der Waals surface area contributed by atoms with Crippen molar-refractivity contribution in [3.63, 3.8) is 0 Å². The molecule has 22 heavy (non-hydrogen) atoms. The van der Waals surface area contributed by atoms with Crippen LogP contribution in [0.2, 0.25) is 0 Å². The van der Waals surface area contributed by atoms with Gasteiger partial charge in [-0.2, -0.15) is 0 Å². The summed E-state index contributed by atoms with van der Waals surface area (Å²) in [6.07, 6.45) is 5.85. The lowest BCUT2D eigenvalue weighted by molar-refractivity contribution is 0.0479. The van der Waals surface area contributed by atoms with Crippen LogP contribution in [-0.4, -0.2) is 28.8 Å². The summed E-state index contributed by atoms with van der Waals surface area (Å²) in [7, 11) is 0. The lowest BCUT2D eigenvalue weighted by atomic mass is 9.90. The van der Waals surface area contributed by atoms with E-state index in [1.54, 1.807) is 6.20 Å². The Labute approximate surface area is 132 Å². The maximum Gasteiger partial charge on any atom is 0.407 e. The molecule has 0 radical (unpaired) electrons. The summed E-state index contributed by atoms with van der Waals surface area (Å²) in [5, 5.41) is 6.54. The second-order valence-corrected chi connectivity index (χ2v) is 6.85. The summed E-state index contributed by atoms with van der Waals surface area (Å²) in [6.45, 7) is 6.36. The van der Waals surface area contributed by atoms with Crippen LogP contribution in [0.5, 0.6) is 0 Å². The van der Waals surface area contributed by atoms with E-state index in [0.717, 1.165) is 31.5 Å². The fourth-order valence-electron chi connectivity index (χ4n) is 2.75. The third kappa shape index (κ3) is 5.64. The van der Waals surface area contributed by atoms with Crippen LogP contribution < -0.4 is 10.6 Å². The number of aromatic nitrogens is 1. The van der Waals surface area contributed by atoms with Crippen LogP contribution in [0.1, 0.15) is 52.1 Å². The van der Waals surface area contributed by atoms with E-state index in [1.165, 1.54) is 6.42 Å². The van der Waals surface area contributed by atoms with Crippen molar-refractivity contribution in [1.29, 1.82) is 0 Å². The molecule has 0 saturated heterocycles. The number of ether oxygens (including phenoxy) is 1. The molecule has 0 bridgehead atoms. The molecule has 1 amide bonds. The molecule has 0 aliphatic heterocycles. The highest BCUT2D eigenvalue weighted by Gasteiger charge is 2.28. The van der Waals surface area contributed by atoms with Crippen molar-refractivity contribution in [2.24, 2.45) is 0 Å². The van der Waals surface area contributed by atoms with Crippen LogP contribution in [0.3, 0.4) is 0 Å². The molecule has 1 aromatic rings. The highest BCUT2D eigenvalue weighted by molar-refractivity contribution is 5.68. The summed E-state index contributed by atoms with van der Waals surface area (Å²) in [5.74, 6) is 0. The van der Waals surface area contributed by atoms with Crippen molar-refractivity contribution < 1.29 is 9.53 Å². The summed E-state index contributed by atoms with van der Waals surface area (Å²) in [5.41, 5.74) is 0.555. The molecule has 1 saturated carbocycles. The van der Waals surface area contributed by atoms with Crippen molar-refractivity contribution in [3.8, 4) is 0 Å². The second kappa shape index (κ2) is 7.58. The van der Waals surface area contributed by atoms with Crippen molar-refractivity contribution in [2.75, 3.05) is 0 Å². The summed E-state index contributed by atoms with van der Waals surface area (Å²) in [6, 6.07) is 6.29. The first-order valence-corrected chi connectivity index (χ1v) is 8.07. The SMILES string of the molecule is CC(C)(C)OC(=O)N[C@@H]1CCCC[C@H]1NCc1ccccn1. The maximum absolute atomic E-state index is 12.0. The van der Waals surface area contributed by atoms with E-state index in [9.17, 15) is 4.79 Å². The average molecular weight is 305 g/mol. The second-order valence-electron chi connectivity index (χ2n) is 6.85. The summed E-state index contributed by atoms with van der Waals surface area (Å²) in [4.78, 5) is 16.3. The first-order chi connectivity index (χ1) is 10.4.